The molecular formula is C18H16N4O4. The molecular weight excluding hydrogens is 336 g/mol. The maximum atomic E-state index is 12.6. The Balaban J connectivity index is 1.83. The van der Waals surface area contributed by atoms with Gasteiger partial charge in [-0.3, -0.25) is 14.9 Å². The van der Waals surface area contributed by atoms with Crippen LogP contribution in [0.5, 0.6) is 5.75 Å². The molecule has 0 aliphatic carbocycles. The van der Waals surface area contributed by atoms with E-state index >= 15 is 0 Å². The van der Waals surface area contributed by atoms with E-state index in [4.69, 9.17) is 4.74 Å². The molecule has 0 atom stereocenters. The Morgan fingerprint density at radius 2 is 2.08 bits per heavy atom. The second-order valence-electron chi connectivity index (χ2n) is 5.70. The van der Waals surface area contributed by atoms with Crippen molar-refractivity contribution in [3.8, 4) is 17.1 Å². The van der Waals surface area contributed by atoms with E-state index in [1.54, 1.807) is 24.3 Å². The summed E-state index contributed by atoms with van der Waals surface area (Å²) in [5.74, 6) is 0.651. The molecule has 0 amide bonds. The molecule has 0 radical (unpaired) electrons. The number of ether oxygens (including phenoxy) is 1. The Labute approximate surface area is 149 Å². The van der Waals surface area contributed by atoms with Crippen molar-refractivity contribution in [3.63, 3.8) is 0 Å². The summed E-state index contributed by atoms with van der Waals surface area (Å²) in [4.78, 5) is 27.1. The average molecular weight is 352 g/mol. The van der Waals surface area contributed by atoms with E-state index in [9.17, 15) is 14.9 Å². The summed E-state index contributed by atoms with van der Waals surface area (Å²) in [6.45, 7) is 1.88. The second kappa shape index (κ2) is 7.14. The van der Waals surface area contributed by atoms with E-state index in [1.165, 1.54) is 30.3 Å². The Hall–Kier alpha value is -3.55. The van der Waals surface area contributed by atoms with Crippen LogP contribution in [0, 0.1) is 17.0 Å². The van der Waals surface area contributed by atoms with Gasteiger partial charge in [0.25, 0.3) is 5.69 Å². The van der Waals surface area contributed by atoms with Gasteiger partial charge in [0.2, 0.25) is 0 Å². The third-order valence-electron chi connectivity index (χ3n) is 3.81. The molecule has 0 aliphatic heterocycles. The number of non-ortho nitro benzene ring substituents is 1. The number of rotatable bonds is 6. The summed E-state index contributed by atoms with van der Waals surface area (Å²) < 4.78 is 6.64. The lowest BCUT2D eigenvalue weighted by molar-refractivity contribution is -0.384. The van der Waals surface area contributed by atoms with E-state index in [-0.39, 0.29) is 18.0 Å². The van der Waals surface area contributed by atoms with Crippen molar-refractivity contribution in [1.82, 2.24) is 14.8 Å². The number of aromatic nitrogens is 3. The van der Waals surface area contributed by atoms with Crippen molar-refractivity contribution >= 4 is 11.5 Å². The van der Waals surface area contributed by atoms with Crippen LogP contribution in [-0.4, -0.2) is 32.6 Å². The SMILES string of the molecule is COc1ccc(C)cc1C(=O)Cn1cnc(-c2cccc([N+](=O)[O-])c2)n1. The molecule has 3 aromatic rings. The number of nitro groups is 1. The lowest BCUT2D eigenvalue weighted by Crippen LogP contribution is -2.12. The standard InChI is InChI=1S/C18H16N4O4/c1-12-6-7-17(26-2)15(8-12)16(23)10-21-11-19-18(20-21)13-4-3-5-14(9-13)22(24)25/h3-9,11H,10H2,1-2H3. The summed E-state index contributed by atoms with van der Waals surface area (Å²) in [6.07, 6.45) is 1.42. The summed E-state index contributed by atoms with van der Waals surface area (Å²) in [5.41, 5.74) is 1.89. The highest BCUT2D eigenvalue weighted by atomic mass is 16.6. The minimum absolute atomic E-state index is 0.0122. The monoisotopic (exact) mass is 352 g/mol. The van der Waals surface area contributed by atoms with E-state index < -0.39 is 4.92 Å². The molecule has 3 rings (SSSR count). The van der Waals surface area contributed by atoms with Crippen molar-refractivity contribution in [2.45, 2.75) is 13.5 Å². The zero-order valence-electron chi connectivity index (χ0n) is 14.2. The molecule has 2 aromatic carbocycles. The quantitative estimate of drug-likeness (QED) is 0.384. The smallest absolute Gasteiger partial charge is 0.270 e. The summed E-state index contributed by atoms with van der Waals surface area (Å²) in [5, 5.41) is 15.1. The minimum atomic E-state index is -0.478. The van der Waals surface area contributed by atoms with E-state index in [0.717, 1.165) is 5.56 Å². The van der Waals surface area contributed by atoms with Crippen molar-refractivity contribution in [1.29, 1.82) is 0 Å². The van der Waals surface area contributed by atoms with Crippen molar-refractivity contribution < 1.29 is 14.5 Å². The molecule has 8 heteroatoms. The van der Waals surface area contributed by atoms with Crippen LogP contribution in [0.15, 0.2) is 48.8 Å². The van der Waals surface area contributed by atoms with Crippen LogP contribution >= 0.6 is 0 Å². The summed E-state index contributed by atoms with van der Waals surface area (Å²) in [7, 11) is 1.51. The third-order valence-corrected chi connectivity index (χ3v) is 3.81. The van der Waals surface area contributed by atoms with Crippen LogP contribution in [0.25, 0.3) is 11.4 Å². The first-order chi connectivity index (χ1) is 12.5. The molecule has 0 aliphatic rings. The van der Waals surface area contributed by atoms with Crippen LogP contribution in [0.2, 0.25) is 0 Å². The molecule has 0 saturated carbocycles. The number of carbonyl (C=O) groups is 1. The first-order valence-electron chi connectivity index (χ1n) is 7.80. The Kier molecular flexibility index (Phi) is 4.74. The fraction of sp³-hybridized carbons (Fsp3) is 0.167. The predicted octanol–water partition coefficient (Wildman–Crippen LogP) is 3.05. The summed E-state index contributed by atoms with van der Waals surface area (Å²) >= 11 is 0. The normalized spacial score (nSPS) is 10.5. The molecule has 0 fully saturated rings. The average Bonchev–Trinajstić information content (AvgIpc) is 3.10. The van der Waals surface area contributed by atoms with Gasteiger partial charge in [0.1, 0.15) is 18.6 Å². The van der Waals surface area contributed by atoms with Gasteiger partial charge in [-0.1, -0.05) is 23.8 Å². The zero-order valence-corrected chi connectivity index (χ0v) is 14.2. The molecule has 0 N–H and O–H groups in total. The van der Waals surface area contributed by atoms with Crippen LogP contribution < -0.4 is 4.74 Å². The number of benzene rings is 2. The van der Waals surface area contributed by atoms with Crippen LogP contribution in [0.1, 0.15) is 15.9 Å². The molecule has 1 heterocycles. The van der Waals surface area contributed by atoms with Gasteiger partial charge in [-0.25, -0.2) is 9.67 Å². The predicted molar refractivity (Wildman–Crippen MR) is 94.2 cm³/mol. The van der Waals surface area contributed by atoms with Gasteiger partial charge in [-0.15, -0.1) is 0 Å². The minimum Gasteiger partial charge on any atom is -0.496 e. The fourth-order valence-electron chi connectivity index (χ4n) is 2.53. The van der Waals surface area contributed by atoms with Gasteiger partial charge in [-0.2, -0.15) is 5.10 Å². The second-order valence-corrected chi connectivity index (χ2v) is 5.70. The number of nitro benzene ring substituents is 1. The van der Waals surface area contributed by atoms with Crippen LogP contribution in [0.4, 0.5) is 5.69 Å². The highest BCUT2D eigenvalue weighted by molar-refractivity contribution is 5.98. The van der Waals surface area contributed by atoms with Gasteiger partial charge in [0.05, 0.1) is 17.6 Å². The molecule has 0 spiro atoms. The number of nitrogens with zero attached hydrogens (tertiary/aromatic N) is 4. The van der Waals surface area contributed by atoms with Gasteiger partial charge >= 0.3 is 0 Å². The van der Waals surface area contributed by atoms with Gasteiger partial charge in [0, 0.05) is 17.7 Å². The molecule has 0 unspecified atom stereocenters. The first-order valence-corrected chi connectivity index (χ1v) is 7.80. The van der Waals surface area contributed by atoms with Crippen LogP contribution in [-0.2, 0) is 6.54 Å². The number of ketones is 1. The number of aryl methyl sites for hydroxylation is 1. The third kappa shape index (κ3) is 3.59. The molecule has 0 bridgehead atoms. The zero-order chi connectivity index (χ0) is 18.7. The van der Waals surface area contributed by atoms with Crippen LogP contribution in [0.3, 0.4) is 0 Å². The number of carbonyl (C=O) groups excluding carboxylic acids is 1. The van der Waals surface area contributed by atoms with E-state index in [0.29, 0.717) is 22.7 Å². The summed E-state index contributed by atoms with van der Waals surface area (Å²) in [6, 6.07) is 11.4. The van der Waals surface area contributed by atoms with Gasteiger partial charge in [-0.05, 0) is 19.1 Å². The maximum Gasteiger partial charge on any atom is 0.270 e. The van der Waals surface area contributed by atoms with E-state index in [1.807, 2.05) is 13.0 Å². The van der Waals surface area contributed by atoms with Gasteiger partial charge in [0.15, 0.2) is 11.6 Å². The Morgan fingerprint density at radius 1 is 1.27 bits per heavy atom. The number of Topliss-reactive ketones (excluding diaryl/α,β-unsaturated/α-hetero) is 1. The first kappa shape index (κ1) is 17.3. The highest BCUT2D eigenvalue weighted by Crippen LogP contribution is 2.22. The largest absolute Gasteiger partial charge is 0.496 e. The number of methoxy groups -OCH3 is 1. The molecule has 1 aromatic heterocycles. The molecule has 132 valence electrons. The molecule has 0 saturated heterocycles. The lowest BCUT2D eigenvalue weighted by atomic mass is 10.1. The number of hydrogen-bond donors (Lipinski definition) is 0. The van der Waals surface area contributed by atoms with E-state index in [2.05, 4.69) is 10.1 Å². The van der Waals surface area contributed by atoms with Crippen molar-refractivity contribution in [2.24, 2.45) is 0 Å². The lowest BCUT2D eigenvalue weighted by Gasteiger charge is -2.08. The van der Waals surface area contributed by atoms with Gasteiger partial charge < -0.3 is 4.74 Å². The molecule has 8 nitrogen and oxygen atoms in total. The topological polar surface area (TPSA) is 100 Å². The Morgan fingerprint density at radius 3 is 2.81 bits per heavy atom. The van der Waals surface area contributed by atoms with Crippen molar-refractivity contribution in [3.05, 3.63) is 70.0 Å². The number of hydrogen-bond acceptors (Lipinski definition) is 6. The molecule has 26 heavy (non-hydrogen) atoms. The maximum absolute atomic E-state index is 12.6. The highest BCUT2D eigenvalue weighted by Gasteiger charge is 2.15. The van der Waals surface area contributed by atoms with Crippen molar-refractivity contribution in [2.75, 3.05) is 7.11 Å². The Bertz CT molecular complexity index is 981. The fourth-order valence-corrected chi connectivity index (χ4v) is 2.53.